The van der Waals surface area contributed by atoms with Crippen molar-refractivity contribution in [3.8, 4) is 5.75 Å². The Hall–Kier alpha value is -2.81. The summed E-state index contributed by atoms with van der Waals surface area (Å²) >= 11 is 0. The molecular formula is C21H31N5O4. The molecule has 164 valence electrons. The molecule has 1 saturated heterocycles. The predicted octanol–water partition coefficient (Wildman–Crippen LogP) is 0.925. The molecule has 3 rings (SSSR count). The lowest BCUT2D eigenvalue weighted by Gasteiger charge is -2.37. The van der Waals surface area contributed by atoms with E-state index in [0.29, 0.717) is 11.7 Å². The number of hydrogen-bond donors (Lipinski definition) is 3. The highest BCUT2D eigenvalue weighted by atomic mass is 16.5. The molecule has 0 bridgehead atoms. The fraction of sp³-hybridized carbons (Fsp3) is 0.571. The van der Waals surface area contributed by atoms with Crippen LogP contribution in [0.1, 0.15) is 32.8 Å². The minimum absolute atomic E-state index is 0.0774. The second-order valence-electron chi connectivity index (χ2n) is 7.79. The molecule has 0 saturated carbocycles. The maximum absolute atomic E-state index is 12.6. The average molecular weight is 418 g/mol. The molecule has 4 unspecified atom stereocenters. The number of hydrogen-bond acceptors (Lipinski definition) is 7. The van der Waals surface area contributed by atoms with E-state index in [9.17, 15) is 14.7 Å². The van der Waals surface area contributed by atoms with E-state index in [0.717, 1.165) is 18.4 Å². The first-order valence-electron chi connectivity index (χ1n) is 10.4. The van der Waals surface area contributed by atoms with Gasteiger partial charge in [-0.2, -0.15) is 0 Å². The Labute approximate surface area is 177 Å². The summed E-state index contributed by atoms with van der Waals surface area (Å²) in [5.41, 5.74) is 1.16. The summed E-state index contributed by atoms with van der Waals surface area (Å²) in [6, 6.07) is 6.70. The number of aliphatic hydroxyl groups is 1. The molecule has 0 radical (unpaired) electrons. The third-order valence-electron chi connectivity index (χ3n) is 5.51. The summed E-state index contributed by atoms with van der Waals surface area (Å²) in [5.74, 6) is 0.778. The highest BCUT2D eigenvalue weighted by Gasteiger charge is 2.49. The maximum atomic E-state index is 12.6. The molecule has 4 atom stereocenters. The van der Waals surface area contributed by atoms with Crippen molar-refractivity contribution >= 4 is 17.9 Å². The molecule has 2 aliphatic heterocycles. The molecule has 2 aliphatic rings. The summed E-state index contributed by atoms with van der Waals surface area (Å²) in [7, 11) is 1.60. The second-order valence-corrected chi connectivity index (χ2v) is 7.79. The van der Waals surface area contributed by atoms with Gasteiger partial charge in [0, 0.05) is 13.1 Å². The lowest BCUT2D eigenvalue weighted by Crippen LogP contribution is -2.65. The van der Waals surface area contributed by atoms with Crippen LogP contribution in [0.4, 0.5) is 4.79 Å². The maximum Gasteiger partial charge on any atom is 0.325 e. The number of aryl methyl sites for hydroxylation is 1. The molecule has 9 heteroatoms. The molecule has 0 aliphatic carbocycles. The quantitative estimate of drug-likeness (QED) is 0.581. The number of nitrogens with zero attached hydrogens (tertiary/aromatic N) is 3. The summed E-state index contributed by atoms with van der Waals surface area (Å²) in [6.45, 7) is 6.35. The Morgan fingerprint density at radius 2 is 2.10 bits per heavy atom. The van der Waals surface area contributed by atoms with E-state index < -0.39 is 30.2 Å². The van der Waals surface area contributed by atoms with Gasteiger partial charge >= 0.3 is 6.03 Å². The van der Waals surface area contributed by atoms with Gasteiger partial charge in [0.05, 0.1) is 6.54 Å². The van der Waals surface area contributed by atoms with Crippen LogP contribution in [0.5, 0.6) is 5.75 Å². The van der Waals surface area contributed by atoms with E-state index in [-0.39, 0.29) is 19.2 Å². The van der Waals surface area contributed by atoms with Crippen molar-refractivity contribution in [2.45, 2.75) is 58.0 Å². The standard InChI is InChI=1S/C21H31N5O4/c1-5-13(3)22-20-23-18-17(19(28)24-21(29)25(18)4)26(20)11-15(27)12-30-16-9-7-8-14(6-2)10-16/h7-10,13,15,17-18,27H,5-6,11-12H2,1-4H3,(H,22,23)(H,24,28,29). The second kappa shape index (κ2) is 9.34. The number of β-amino-alcohol motifs (C(OH)–C–C–N with tert-alkyl or cyclic N) is 1. The van der Waals surface area contributed by atoms with Crippen molar-refractivity contribution in [2.24, 2.45) is 4.99 Å². The topological polar surface area (TPSA) is 106 Å². The molecule has 0 aromatic heterocycles. The number of imide groups is 1. The first-order chi connectivity index (χ1) is 14.3. The van der Waals surface area contributed by atoms with Gasteiger partial charge in [0.2, 0.25) is 0 Å². The van der Waals surface area contributed by atoms with E-state index in [2.05, 4.69) is 22.5 Å². The largest absolute Gasteiger partial charge is 0.491 e. The number of aliphatic hydroxyl groups excluding tert-OH is 1. The van der Waals surface area contributed by atoms with E-state index >= 15 is 0 Å². The van der Waals surface area contributed by atoms with Gasteiger partial charge in [-0.05, 0) is 37.5 Å². The lowest BCUT2D eigenvalue weighted by molar-refractivity contribution is -0.127. The summed E-state index contributed by atoms with van der Waals surface area (Å²) in [6.07, 6.45) is 0.280. The van der Waals surface area contributed by atoms with E-state index in [1.807, 2.05) is 38.1 Å². The molecule has 9 nitrogen and oxygen atoms in total. The molecule has 0 spiro atoms. The van der Waals surface area contributed by atoms with Crippen LogP contribution in [0.3, 0.4) is 0 Å². The minimum Gasteiger partial charge on any atom is -0.491 e. The molecule has 1 fully saturated rings. The Morgan fingerprint density at radius 3 is 2.80 bits per heavy atom. The van der Waals surface area contributed by atoms with Crippen LogP contribution in [0.2, 0.25) is 0 Å². The van der Waals surface area contributed by atoms with Gasteiger partial charge in [0.15, 0.2) is 18.2 Å². The van der Waals surface area contributed by atoms with Crippen molar-refractivity contribution in [2.75, 3.05) is 20.2 Å². The number of benzene rings is 1. The number of urea groups is 1. The molecule has 2 heterocycles. The molecule has 30 heavy (non-hydrogen) atoms. The number of guanidine groups is 1. The van der Waals surface area contributed by atoms with E-state index in [4.69, 9.17) is 4.74 Å². The Morgan fingerprint density at radius 1 is 1.33 bits per heavy atom. The molecule has 3 amide bonds. The fourth-order valence-corrected chi connectivity index (χ4v) is 3.50. The van der Waals surface area contributed by atoms with Gasteiger partial charge < -0.3 is 25.0 Å². The SMILES string of the molecule is CCc1cccc(OCC(O)CN2C(NC(C)CC)=NC3C2C(=O)NC(=O)N3C)c1. The number of likely N-dealkylation sites (N-methyl/N-ethyl adjacent to an activating group) is 1. The zero-order chi connectivity index (χ0) is 21.8. The highest BCUT2D eigenvalue weighted by Crippen LogP contribution is 2.24. The van der Waals surface area contributed by atoms with Crippen LogP contribution in [0, 0.1) is 0 Å². The molecular weight excluding hydrogens is 386 g/mol. The molecule has 3 N–H and O–H groups in total. The van der Waals surface area contributed by atoms with E-state index in [1.54, 1.807) is 11.9 Å². The minimum atomic E-state index is -0.853. The first-order valence-corrected chi connectivity index (χ1v) is 10.4. The lowest BCUT2D eigenvalue weighted by atomic mass is 10.1. The van der Waals surface area contributed by atoms with Crippen molar-refractivity contribution in [1.29, 1.82) is 0 Å². The predicted molar refractivity (Wildman–Crippen MR) is 113 cm³/mol. The van der Waals surface area contributed by atoms with Crippen LogP contribution in [-0.2, 0) is 11.2 Å². The molecule has 1 aromatic rings. The number of aliphatic imine (C=N–C) groups is 1. The van der Waals surface area contributed by atoms with Crippen molar-refractivity contribution < 1.29 is 19.4 Å². The average Bonchev–Trinajstić information content (AvgIpc) is 3.09. The number of carbonyl (C=O) groups is 2. The van der Waals surface area contributed by atoms with Gasteiger partial charge in [0.1, 0.15) is 18.5 Å². The van der Waals surface area contributed by atoms with Gasteiger partial charge in [0.25, 0.3) is 5.91 Å². The van der Waals surface area contributed by atoms with Crippen molar-refractivity contribution in [1.82, 2.24) is 20.4 Å². The van der Waals surface area contributed by atoms with Gasteiger partial charge in [-0.1, -0.05) is 26.0 Å². The summed E-state index contributed by atoms with van der Waals surface area (Å²) < 4.78 is 5.76. The Kier molecular flexibility index (Phi) is 6.81. The monoisotopic (exact) mass is 417 g/mol. The van der Waals surface area contributed by atoms with Crippen LogP contribution in [-0.4, -0.2) is 77.4 Å². The van der Waals surface area contributed by atoms with Crippen molar-refractivity contribution in [3.63, 3.8) is 0 Å². The normalized spacial score (nSPS) is 22.9. The zero-order valence-electron chi connectivity index (χ0n) is 18.0. The highest BCUT2D eigenvalue weighted by molar-refractivity contribution is 6.03. The first kappa shape index (κ1) is 21.9. The summed E-state index contributed by atoms with van der Waals surface area (Å²) in [4.78, 5) is 32.3. The van der Waals surface area contributed by atoms with Crippen LogP contribution >= 0.6 is 0 Å². The van der Waals surface area contributed by atoms with Crippen LogP contribution in [0.25, 0.3) is 0 Å². The Bertz CT molecular complexity index is 814. The van der Waals surface area contributed by atoms with Gasteiger partial charge in [-0.25, -0.2) is 9.79 Å². The number of rotatable bonds is 8. The number of amides is 3. The number of carbonyl (C=O) groups excluding carboxylic acids is 2. The molecule has 1 aromatic carbocycles. The van der Waals surface area contributed by atoms with Crippen LogP contribution in [0.15, 0.2) is 29.3 Å². The zero-order valence-corrected chi connectivity index (χ0v) is 18.0. The van der Waals surface area contributed by atoms with Crippen LogP contribution < -0.4 is 15.4 Å². The van der Waals surface area contributed by atoms with Crippen molar-refractivity contribution in [3.05, 3.63) is 29.8 Å². The third kappa shape index (κ3) is 4.67. The Balaban J connectivity index is 1.71. The van der Waals surface area contributed by atoms with Gasteiger partial charge in [-0.15, -0.1) is 0 Å². The fourth-order valence-electron chi connectivity index (χ4n) is 3.50. The number of fused-ring (bicyclic) bond motifs is 1. The third-order valence-corrected chi connectivity index (χ3v) is 5.51. The van der Waals surface area contributed by atoms with E-state index in [1.165, 1.54) is 4.90 Å². The summed E-state index contributed by atoms with van der Waals surface area (Å²) in [5, 5.41) is 16.3. The number of ether oxygens (including phenoxy) is 1. The van der Waals surface area contributed by atoms with Gasteiger partial charge in [-0.3, -0.25) is 10.1 Å². The smallest absolute Gasteiger partial charge is 0.325 e. The number of nitrogens with one attached hydrogen (secondary N) is 2.